The normalized spacial score (nSPS) is 11.0. The fourth-order valence-corrected chi connectivity index (χ4v) is 2.31. The van der Waals surface area contributed by atoms with Gasteiger partial charge in [-0.2, -0.15) is 5.26 Å². The van der Waals surface area contributed by atoms with Gasteiger partial charge in [0.15, 0.2) is 0 Å². The first-order chi connectivity index (χ1) is 11.6. The van der Waals surface area contributed by atoms with E-state index in [1.807, 2.05) is 61.5 Å². The number of nitrogens with one attached hydrogen (secondary N) is 1. The molecular formula is C21H22N2O. The summed E-state index contributed by atoms with van der Waals surface area (Å²) in [5.74, 6) is -0.389. The molecule has 0 bridgehead atoms. The van der Waals surface area contributed by atoms with Crippen LogP contribution in [-0.4, -0.2) is 5.91 Å². The second-order valence-electron chi connectivity index (χ2n) is 5.84. The summed E-state index contributed by atoms with van der Waals surface area (Å²) in [7, 11) is 0. The molecule has 0 heterocycles. The van der Waals surface area contributed by atoms with Gasteiger partial charge in [0, 0.05) is 5.69 Å². The first kappa shape index (κ1) is 17.5. The van der Waals surface area contributed by atoms with Crippen LogP contribution in [-0.2, 0) is 11.2 Å². The van der Waals surface area contributed by atoms with Crippen molar-refractivity contribution in [3.05, 3.63) is 70.8 Å². The van der Waals surface area contributed by atoms with Crippen molar-refractivity contribution >= 4 is 17.7 Å². The molecule has 0 aliphatic carbocycles. The predicted molar refractivity (Wildman–Crippen MR) is 98.5 cm³/mol. The zero-order chi connectivity index (χ0) is 17.4. The van der Waals surface area contributed by atoms with Gasteiger partial charge in [-0.15, -0.1) is 0 Å². The second kappa shape index (κ2) is 8.69. The summed E-state index contributed by atoms with van der Waals surface area (Å²) in [5.41, 5.74) is 4.02. The molecule has 2 aromatic carbocycles. The van der Waals surface area contributed by atoms with Gasteiger partial charge in [-0.3, -0.25) is 4.79 Å². The van der Waals surface area contributed by atoms with Crippen LogP contribution >= 0.6 is 0 Å². The Morgan fingerprint density at radius 1 is 1.12 bits per heavy atom. The number of aryl methyl sites for hydroxylation is 2. The van der Waals surface area contributed by atoms with Crippen LogP contribution in [0.15, 0.2) is 54.1 Å². The van der Waals surface area contributed by atoms with Crippen LogP contribution in [0.5, 0.6) is 0 Å². The molecule has 3 heteroatoms. The van der Waals surface area contributed by atoms with Crippen molar-refractivity contribution in [1.82, 2.24) is 0 Å². The standard InChI is InChI=1S/C21H22N2O/c1-3-4-5-17-10-12-20(13-11-17)23-21(24)19(15-22)14-18-8-6-16(2)7-9-18/h6-14H,3-5H2,1-2H3,(H,23,24). The van der Waals surface area contributed by atoms with E-state index in [4.69, 9.17) is 0 Å². The molecule has 122 valence electrons. The highest BCUT2D eigenvalue weighted by atomic mass is 16.1. The molecule has 0 spiro atoms. The van der Waals surface area contributed by atoms with Crippen molar-refractivity contribution in [2.45, 2.75) is 33.1 Å². The maximum absolute atomic E-state index is 12.3. The van der Waals surface area contributed by atoms with Crippen LogP contribution < -0.4 is 5.32 Å². The molecule has 0 saturated heterocycles. The number of nitrogens with zero attached hydrogens (tertiary/aromatic N) is 1. The fraction of sp³-hybridized carbons (Fsp3) is 0.238. The smallest absolute Gasteiger partial charge is 0.266 e. The van der Waals surface area contributed by atoms with Gasteiger partial charge >= 0.3 is 0 Å². The Morgan fingerprint density at radius 3 is 2.38 bits per heavy atom. The summed E-state index contributed by atoms with van der Waals surface area (Å²) >= 11 is 0. The summed E-state index contributed by atoms with van der Waals surface area (Å²) in [4.78, 5) is 12.3. The highest BCUT2D eigenvalue weighted by Crippen LogP contribution is 2.14. The van der Waals surface area contributed by atoms with E-state index < -0.39 is 0 Å². The minimum Gasteiger partial charge on any atom is -0.321 e. The monoisotopic (exact) mass is 318 g/mol. The lowest BCUT2D eigenvalue weighted by molar-refractivity contribution is -0.112. The minimum atomic E-state index is -0.389. The van der Waals surface area contributed by atoms with Crippen molar-refractivity contribution in [1.29, 1.82) is 5.26 Å². The van der Waals surface area contributed by atoms with E-state index in [9.17, 15) is 10.1 Å². The van der Waals surface area contributed by atoms with Crippen LogP contribution in [0, 0.1) is 18.3 Å². The highest BCUT2D eigenvalue weighted by Gasteiger charge is 2.09. The molecule has 0 aliphatic heterocycles. The van der Waals surface area contributed by atoms with Crippen molar-refractivity contribution < 1.29 is 4.79 Å². The van der Waals surface area contributed by atoms with Crippen LogP contribution in [0.3, 0.4) is 0 Å². The van der Waals surface area contributed by atoms with Crippen LogP contribution in [0.25, 0.3) is 6.08 Å². The maximum Gasteiger partial charge on any atom is 0.266 e. The molecule has 1 N–H and O–H groups in total. The molecule has 3 nitrogen and oxygen atoms in total. The summed E-state index contributed by atoms with van der Waals surface area (Å²) < 4.78 is 0. The Kier molecular flexibility index (Phi) is 6.33. The fourth-order valence-electron chi connectivity index (χ4n) is 2.31. The Hall–Kier alpha value is -2.86. The number of hydrogen-bond donors (Lipinski definition) is 1. The minimum absolute atomic E-state index is 0.0916. The molecule has 24 heavy (non-hydrogen) atoms. The number of rotatable bonds is 6. The van der Waals surface area contributed by atoms with E-state index in [2.05, 4.69) is 12.2 Å². The molecule has 2 rings (SSSR count). The number of carbonyl (C=O) groups is 1. The Labute approximate surface area is 143 Å². The lowest BCUT2D eigenvalue weighted by atomic mass is 10.1. The summed E-state index contributed by atoms with van der Waals surface area (Å²) in [6.45, 7) is 4.16. The molecule has 2 aromatic rings. The third-order valence-electron chi connectivity index (χ3n) is 3.78. The molecule has 0 unspecified atom stereocenters. The molecule has 0 radical (unpaired) electrons. The summed E-state index contributed by atoms with van der Waals surface area (Å²) in [6, 6.07) is 17.4. The SMILES string of the molecule is CCCCc1ccc(NC(=O)C(C#N)=Cc2ccc(C)cc2)cc1. The molecule has 0 atom stereocenters. The maximum atomic E-state index is 12.3. The van der Waals surface area contributed by atoms with Gasteiger partial charge in [-0.25, -0.2) is 0 Å². The summed E-state index contributed by atoms with van der Waals surface area (Å²) in [6.07, 6.45) is 4.96. The molecule has 1 amide bonds. The van der Waals surface area contributed by atoms with E-state index in [1.54, 1.807) is 6.08 Å². The molecule has 0 fully saturated rings. The Bertz CT molecular complexity index is 750. The van der Waals surface area contributed by atoms with E-state index in [0.29, 0.717) is 5.69 Å². The number of nitriles is 1. The first-order valence-electron chi connectivity index (χ1n) is 8.21. The highest BCUT2D eigenvalue weighted by molar-refractivity contribution is 6.09. The summed E-state index contributed by atoms with van der Waals surface area (Å²) in [5, 5.41) is 12.0. The van der Waals surface area contributed by atoms with E-state index in [0.717, 1.165) is 30.4 Å². The molecule has 0 saturated carbocycles. The van der Waals surface area contributed by atoms with Crippen LogP contribution in [0.4, 0.5) is 5.69 Å². The van der Waals surface area contributed by atoms with Gasteiger partial charge in [0.25, 0.3) is 5.91 Å². The van der Waals surface area contributed by atoms with Gasteiger partial charge in [-0.05, 0) is 49.1 Å². The topological polar surface area (TPSA) is 52.9 Å². The van der Waals surface area contributed by atoms with Crippen molar-refractivity contribution in [2.24, 2.45) is 0 Å². The zero-order valence-electron chi connectivity index (χ0n) is 14.2. The lowest BCUT2D eigenvalue weighted by Gasteiger charge is -2.06. The number of amides is 1. The molecular weight excluding hydrogens is 296 g/mol. The number of unbranched alkanes of at least 4 members (excludes halogenated alkanes) is 1. The van der Waals surface area contributed by atoms with Gasteiger partial charge in [0.1, 0.15) is 11.6 Å². The van der Waals surface area contributed by atoms with Gasteiger partial charge in [-0.1, -0.05) is 55.3 Å². The Morgan fingerprint density at radius 2 is 1.79 bits per heavy atom. The first-order valence-corrected chi connectivity index (χ1v) is 8.21. The van der Waals surface area contributed by atoms with E-state index in [-0.39, 0.29) is 11.5 Å². The van der Waals surface area contributed by atoms with Gasteiger partial charge in [0.2, 0.25) is 0 Å². The van der Waals surface area contributed by atoms with Crippen molar-refractivity contribution in [3.63, 3.8) is 0 Å². The quantitative estimate of drug-likeness (QED) is 0.609. The molecule has 0 aliphatic rings. The third kappa shape index (κ3) is 5.10. The number of hydrogen-bond acceptors (Lipinski definition) is 2. The van der Waals surface area contributed by atoms with Crippen LogP contribution in [0.2, 0.25) is 0 Å². The lowest BCUT2D eigenvalue weighted by Crippen LogP contribution is -2.13. The third-order valence-corrected chi connectivity index (χ3v) is 3.78. The van der Waals surface area contributed by atoms with Crippen molar-refractivity contribution in [2.75, 3.05) is 5.32 Å². The van der Waals surface area contributed by atoms with E-state index >= 15 is 0 Å². The largest absolute Gasteiger partial charge is 0.321 e. The number of carbonyl (C=O) groups excluding carboxylic acids is 1. The second-order valence-corrected chi connectivity index (χ2v) is 5.84. The molecule has 0 aromatic heterocycles. The van der Waals surface area contributed by atoms with Crippen molar-refractivity contribution in [3.8, 4) is 6.07 Å². The zero-order valence-corrected chi connectivity index (χ0v) is 14.2. The Balaban J connectivity index is 2.06. The van der Waals surface area contributed by atoms with Gasteiger partial charge in [0.05, 0.1) is 0 Å². The average molecular weight is 318 g/mol. The number of anilines is 1. The number of benzene rings is 2. The van der Waals surface area contributed by atoms with Gasteiger partial charge < -0.3 is 5.32 Å². The average Bonchev–Trinajstić information content (AvgIpc) is 2.60. The van der Waals surface area contributed by atoms with E-state index in [1.165, 1.54) is 5.56 Å². The van der Waals surface area contributed by atoms with Crippen LogP contribution in [0.1, 0.15) is 36.5 Å². The predicted octanol–water partition coefficient (Wildman–Crippen LogP) is 4.88.